The maximum atomic E-state index is 12.2. The molecular formula is C13H12N4O4. The van der Waals surface area contributed by atoms with Crippen molar-refractivity contribution in [3.63, 3.8) is 0 Å². The molecule has 0 bridgehead atoms. The van der Waals surface area contributed by atoms with Crippen molar-refractivity contribution in [2.45, 2.75) is 25.4 Å². The van der Waals surface area contributed by atoms with Crippen LogP contribution in [0.4, 0.5) is 4.79 Å². The van der Waals surface area contributed by atoms with E-state index < -0.39 is 0 Å². The summed E-state index contributed by atoms with van der Waals surface area (Å²) in [6.45, 7) is 0.671. The molecule has 21 heavy (non-hydrogen) atoms. The predicted octanol–water partition coefficient (Wildman–Crippen LogP) is 1.26. The fraction of sp³-hybridized carbons (Fsp3) is 0.385. The van der Waals surface area contributed by atoms with Crippen molar-refractivity contribution in [1.29, 1.82) is 0 Å². The first-order valence-corrected chi connectivity index (χ1v) is 6.71. The number of imide groups is 1. The highest BCUT2D eigenvalue weighted by Gasteiger charge is 2.47. The molecule has 0 saturated carbocycles. The number of hydrogen-bond acceptors (Lipinski definition) is 6. The Hall–Kier alpha value is -2.64. The number of hydrogen-bond donors (Lipinski definition) is 0. The van der Waals surface area contributed by atoms with E-state index >= 15 is 0 Å². The molecule has 8 nitrogen and oxygen atoms in total. The quantitative estimate of drug-likeness (QED) is 0.789. The molecule has 2 aliphatic heterocycles. The van der Waals surface area contributed by atoms with Gasteiger partial charge in [-0.15, -0.1) is 0 Å². The summed E-state index contributed by atoms with van der Waals surface area (Å²) < 4.78 is 10.0. The second kappa shape index (κ2) is 4.44. The summed E-state index contributed by atoms with van der Waals surface area (Å²) >= 11 is 0. The average Bonchev–Trinajstić information content (AvgIpc) is 3.24. The maximum absolute atomic E-state index is 12.2. The van der Waals surface area contributed by atoms with E-state index in [4.69, 9.17) is 8.94 Å². The van der Waals surface area contributed by atoms with Gasteiger partial charge in [0, 0.05) is 6.54 Å². The Labute approximate surface area is 119 Å². The molecule has 2 aromatic heterocycles. The van der Waals surface area contributed by atoms with Gasteiger partial charge in [-0.1, -0.05) is 5.16 Å². The predicted molar refractivity (Wildman–Crippen MR) is 67.7 cm³/mol. The average molecular weight is 288 g/mol. The lowest BCUT2D eigenvalue weighted by molar-refractivity contribution is -0.128. The number of fused-ring (bicyclic) bond motifs is 1. The molecule has 0 N–H and O–H groups in total. The van der Waals surface area contributed by atoms with Crippen molar-refractivity contribution in [3.05, 3.63) is 24.4 Å². The standard InChI is InChI=1S/C13H12N4O4/c18-12-9-2-1-4-16(9)13(19)17(12)6-10-14-11(21-15-10)8-3-5-20-7-8/h3,5,7,9H,1-2,4,6H2. The lowest BCUT2D eigenvalue weighted by Crippen LogP contribution is -2.33. The van der Waals surface area contributed by atoms with Crippen LogP contribution in [0.1, 0.15) is 18.7 Å². The summed E-state index contributed by atoms with van der Waals surface area (Å²) in [6, 6.07) is 1.12. The highest BCUT2D eigenvalue weighted by molar-refractivity contribution is 6.04. The minimum absolute atomic E-state index is 0.0337. The molecule has 0 aromatic carbocycles. The fourth-order valence-electron chi connectivity index (χ4n) is 2.79. The molecule has 0 spiro atoms. The number of urea groups is 1. The van der Waals surface area contributed by atoms with Crippen LogP contribution in [0, 0.1) is 0 Å². The molecule has 4 heterocycles. The lowest BCUT2D eigenvalue weighted by Gasteiger charge is -2.13. The molecule has 2 saturated heterocycles. The fourth-order valence-corrected chi connectivity index (χ4v) is 2.79. The number of carbonyl (C=O) groups is 2. The third-order valence-electron chi connectivity index (χ3n) is 3.82. The number of amides is 3. The molecule has 1 atom stereocenters. The zero-order valence-corrected chi connectivity index (χ0v) is 11.1. The summed E-state index contributed by atoms with van der Waals surface area (Å²) in [7, 11) is 0. The monoisotopic (exact) mass is 288 g/mol. The number of nitrogens with zero attached hydrogens (tertiary/aromatic N) is 4. The molecular weight excluding hydrogens is 276 g/mol. The third-order valence-corrected chi connectivity index (χ3v) is 3.82. The van der Waals surface area contributed by atoms with Crippen molar-refractivity contribution in [2.75, 3.05) is 6.54 Å². The van der Waals surface area contributed by atoms with Gasteiger partial charge in [-0.2, -0.15) is 4.98 Å². The van der Waals surface area contributed by atoms with Crippen LogP contribution in [-0.2, 0) is 11.3 Å². The largest absolute Gasteiger partial charge is 0.472 e. The maximum Gasteiger partial charge on any atom is 0.327 e. The topological polar surface area (TPSA) is 92.7 Å². The second-order valence-electron chi connectivity index (χ2n) is 5.09. The molecule has 1 unspecified atom stereocenters. The molecule has 2 aliphatic rings. The summed E-state index contributed by atoms with van der Waals surface area (Å²) in [5.41, 5.74) is 0.661. The van der Waals surface area contributed by atoms with Crippen molar-refractivity contribution < 1.29 is 18.5 Å². The first-order valence-electron chi connectivity index (χ1n) is 6.71. The lowest BCUT2D eigenvalue weighted by atomic mass is 10.2. The van der Waals surface area contributed by atoms with Gasteiger partial charge in [0.15, 0.2) is 5.82 Å². The minimum Gasteiger partial charge on any atom is -0.472 e. The summed E-state index contributed by atoms with van der Waals surface area (Å²) in [5.74, 6) is 0.430. The number of rotatable bonds is 3. The minimum atomic E-state index is -0.308. The van der Waals surface area contributed by atoms with E-state index in [1.165, 1.54) is 17.4 Å². The van der Waals surface area contributed by atoms with Crippen LogP contribution < -0.4 is 0 Å². The SMILES string of the molecule is O=C1C2CCCN2C(=O)N1Cc1noc(-c2ccoc2)n1. The van der Waals surface area contributed by atoms with Crippen LogP contribution in [0.5, 0.6) is 0 Å². The molecule has 108 valence electrons. The van der Waals surface area contributed by atoms with E-state index in [-0.39, 0.29) is 24.5 Å². The van der Waals surface area contributed by atoms with E-state index in [1.54, 1.807) is 11.0 Å². The molecule has 8 heteroatoms. The zero-order valence-electron chi connectivity index (χ0n) is 11.1. The van der Waals surface area contributed by atoms with Gasteiger partial charge < -0.3 is 13.8 Å². The number of aromatic nitrogens is 2. The Bertz CT molecular complexity index is 671. The normalized spacial score (nSPS) is 21.4. The van der Waals surface area contributed by atoms with E-state index in [9.17, 15) is 9.59 Å². The first kappa shape index (κ1) is 12.1. The van der Waals surface area contributed by atoms with Crippen molar-refractivity contribution >= 4 is 11.9 Å². The molecule has 3 amide bonds. The van der Waals surface area contributed by atoms with Crippen LogP contribution >= 0.6 is 0 Å². The molecule has 2 fully saturated rings. The molecule has 0 radical (unpaired) electrons. The van der Waals surface area contributed by atoms with Gasteiger partial charge in [-0.25, -0.2) is 4.79 Å². The first-order chi connectivity index (χ1) is 10.2. The van der Waals surface area contributed by atoms with Crippen molar-refractivity contribution in [3.8, 4) is 11.5 Å². The van der Waals surface area contributed by atoms with Crippen molar-refractivity contribution in [2.24, 2.45) is 0 Å². The molecule has 2 aromatic rings. The highest BCUT2D eigenvalue weighted by Crippen LogP contribution is 2.28. The van der Waals surface area contributed by atoms with Gasteiger partial charge in [0.1, 0.15) is 12.3 Å². The Kier molecular flexibility index (Phi) is 2.56. The van der Waals surface area contributed by atoms with E-state index in [0.29, 0.717) is 23.8 Å². The zero-order chi connectivity index (χ0) is 14.4. The second-order valence-corrected chi connectivity index (χ2v) is 5.09. The van der Waals surface area contributed by atoms with Gasteiger partial charge >= 0.3 is 6.03 Å². The van der Waals surface area contributed by atoms with Crippen molar-refractivity contribution in [1.82, 2.24) is 19.9 Å². The molecule has 0 aliphatic carbocycles. The summed E-state index contributed by atoms with van der Waals surface area (Å²) in [5, 5.41) is 3.81. The van der Waals surface area contributed by atoms with Crippen LogP contribution in [0.3, 0.4) is 0 Å². The van der Waals surface area contributed by atoms with Gasteiger partial charge in [0.2, 0.25) is 0 Å². The highest BCUT2D eigenvalue weighted by atomic mass is 16.5. The van der Waals surface area contributed by atoms with Crippen LogP contribution in [0.2, 0.25) is 0 Å². The third kappa shape index (κ3) is 1.83. The Morgan fingerprint density at radius 1 is 1.38 bits per heavy atom. The number of carbonyl (C=O) groups excluding carboxylic acids is 2. The Morgan fingerprint density at radius 2 is 2.29 bits per heavy atom. The van der Waals surface area contributed by atoms with Crippen LogP contribution in [-0.4, -0.2) is 44.5 Å². The van der Waals surface area contributed by atoms with E-state index in [0.717, 1.165) is 12.8 Å². The Balaban J connectivity index is 1.54. The number of furan rings is 1. The molecule has 4 rings (SSSR count). The Morgan fingerprint density at radius 3 is 3.05 bits per heavy atom. The van der Waals surface area contributed by atoms with Gasteiger partial charge in [-0.05, 0) is 18.9 Å². The van der Waals surface area contributed by atoms with E-state index in [1.807, 2.05) is 0 Å². The van der Waals surface area contributed by atoms with E-state index in [2.05, 4.69) is 10.1 Å². The summed E-state index contributed by atoms with van der Waals surface area (Å²) in [4.78, 5) is 31.3. The van der Waals surface area contributed by atoms with Gasteiger partial charge in [0.05, 0.1) is 18.4 Å². The van der Waals surface area contributed by atoms with Crippen LogP contribution in [0.25, 0.3) is 11.5 Å². The van der Waals surface area contributed by atoms with Gasteiger partial charge in [0.25, 0.3) is 11.8 Å². The summed E-state index contributed by atoms with van der Waals surface area (Å²) in [6.07, 6.45) is 4.59. The van der Waals surface area contributed by atoms with Crippen LogP contribution in [0.15, 0.2) is 27.5 Å². The smallest absolute Gasteiger partial charge is 0.327 e. The van der Waals surface area contributed by atoms with Gasteiger partial charge in [-0.3, -0.25) is 9.69 Å².